The topological polar surface area (TPSA) is 40.5 Å². The van der Waals surface area contributed by atoms with Gasteiger partial charge in [0.2, 0.25) is 0 Å². The van der Waals surface area contributed by atoms with Gasteiger partial charge in [-0.25, -0.2) is 4.39 Å². The standard InChI is InChI=1S/C17H20FNO2/c18-16-13-14(7-6-12-20)8-9-15(16)17(21)19-10-4-2-1-3-5-11-19/h8-9,13,20H,1-5,10-12H2. The van der Waals surface area contributed by atoms with Gasteiger partial charge in [-0.15, -0.1) is 0 Å². The van der Waals surface area contributed by atoms with E-state index in [0.29, 0.717) is 18.7 Å². The van der Waals surface area contributed by atoms with Crippen molar-refractivity contribution in [2.45, 2.75) is 32.1 Å². The molecule has 2 rings (SSSR count). The second kappa shape index (κ2) is 7.80. The lowest BCUT2D eigenvalue weighted by atomic mass is 10.1. The minimum Gasteiger partial charge on any atom is -0.384 e. The van der Waals surface area contributed by atoms with E-state index in [9.17, 15) is 9.18 Å². The first-order chi connectivity index (χ1) is 10.2. The molecule has 4 heteroatoms. The van der Waals surface area contributed by atoms with Gasteiger partial charge < -0.3 is 10.0 Å². The SMILES string of the molecule is O=C(c1ccc(C#CCO)cc1F)N1CCCCCCC1. The highest BCUT2D eigenvalue weighted by atomic mass is 19.1. The zero-order valence-corrected chi connectivity index (χ0v) is 12.1. The Morgan fingerprint density at radius 1 is 1.19 bits per heavy atom. The molecule has 0 radical (unpaired) electrons. The zero-order chi connectivity index (χ0) is 15.1. The molecule has 1 heterocycles. The number of hydrogen-bond acceptors (Lipinski definition) is 2. The average molecular weight is 289 g/mol. The molecule has 1 aliphatic heterocycles. The number of nitrogens with zero attached hydrogens (tertiary/aromatic N) is 1. The van der Waals surface area contributed by atoms with Crippen molar-refractivity contribution in [3.63, 3.8) is 0 Å². The van der Waals surface area contributed by atoms with Crippen molar-refractivity contribution in [1.82, 2.24) is 4.90 Å². The molecule has 1 aliphatic rings. The minimum atomic E-state index is -0.549. The molecule has 1 saturated heterocycles. The maximum absolute atomic E-state index is 14.1. The number of benzene rings is 1. The molecule has 1 aromatic rings. The normalized spacial score (nSPS) is 15.6. The molecule has 0 bridgehead atoms. The van der Waals surface area contributed by atoms with Crippen LogP contribution in [0.4, 0.5) is 4.39 Å². The zero-order valence-electron chi connectivity index (χ0n) is 12.1. The first kappa shape index (κ1) is 15.5. The number of rotatable bonds is 1. The second-order valence-electron chi connectivity index (χ2n) is 5.21. The summed E-state index contributed by atoms with van der Waals surface area (Å²) in [4.78, 5) is 14.2. The predicted octanol–water partition coefficient (Wildman–Crippen LogP) is 2.58. The molecular weight excluding hydrogens is 269 g/mol. The molecule has 1 amide bonds. The predicted molar refractivity (Wildman–Crippen MR) is 79.4 cm³/mol. The smallest absolute Gasteiger partial charge is 0.256 e. The van der Waals surface area contributed by atoms with Crippen LogP contribution in [-0.2, 0) is 0 Å². The number of hydrogen-bond donors (Lipinski definition) is 1. The third kappa shape index (κ3) is 4.30. The van der Waals surface area contributed by atoms with Crippen LogP contribution in [0.25, 0.3) is 0 Å². The van der Waals surface area contributed by atoms with E-state index in [0.717, 1.165) is 25.7 Å². The summed E-state index contributed by atoms with van der Waals surface area (Å²) >= 11 is 0. The van der Waals surface area contributed by atoms with Crippen LogP contribution in [0.5, 0.6) is 0 Å². The number of aliphatic hydroxyl groups excluding tert-OH is 1. The van der Waals surface area contributed by atoms with Gasteiger partial charge >= 0.3 is 0 Å². The maximum Gasteiger partial charge on any atom is 0.256 e. The van der Waals surface area contributed by atoms with Gasteiger partial charge in [0, 0.05) is 18.7 Å². The van der Waals surface area contributed by atoms with Gasteiger partial charge in [0.25, 0.3) is 5.91 Å². The first-order valence-electron chi connectivity index (χ1n) is 7.41. The van der Waals surface area contributed by atoms with Crippen molar-refractivity contribution in [1.29, 1.82) is 0 Å². The third-order valence-corrected chi connectivity index (χ3v) is 3.65. The maximum atomic E-state index is 14.1. The van der Waals surface area contributed by atoms with E-state index in [4.69, 9.17) is 5.11 Å². The van der Waals surface area contributed by atoms with Crippen LogP contribution >= 0.6 is 0 Å². The number of aliphatic hydroxyl groups is 1. The Morgan fingerprint density at radius 3 is 2.48 bits per heavy atom. The van der Waals surface area contributed by atoms with E-state index >= 15 is 0 Å². The monoisotopic (exact) mass is 289 g/mol. The molecule has 1 fully saturated rings. The van der Waals surface area contributed by atoms with E-state index in [1.165, 1.54) is 18.6 Å². The Hall–Kier alpha value is -1.86. The van der Waals surface area contributed by atoms with Crippen molar-refractivity contribution >= 4 is 5.91 Å². The van der Waals surface area contributed by atoms with Crippen molar-refractivity contribution in [3.8, 4) is 11.8 Å². The summed E-state index contributed by atoms with van der Waals surface area (Å²) < 4.78 is 14.1. The second-order valence-corrected chi connectivity index (χ2v) is 5.21. The van der Waals surface area contributed by atoms with E-state index in [-0.39, 0.29) is 18.1 Å². The molecule has 0 unspecified atom stereocenters. The van der Waals surface area contributed by atoms with Crippen molar-refractivity contribution in [2.75, 3.05) is 19.7 Å². The van der Waals surface area contributed by atoms with E-state index in [1.807, 2.05) is 0 Å². The Morgan fingerprint density at radius 2 is 1.86 bits per heavy atom. The highest BCUT2D eigenvalue weighted by Crippen LogP contribution is 2.16. The van der Waals surface area contributed by atoms with Crippen molar-refractivity contribution < 1.29 is 14.3 Å². The summed E-state index contributed by atoms with van der Waals surface area (Å²) in [7, 11) is 0. The molecule has 3 nitrogen and oxygen atoms in total. The van der Waals surface area contributed by atoms with Crippen LogP contribution < -0.4 is 0 Å². The van der Waals surface area contributed by atoms with Crippen LogP contribution in [0.2, 0.25) is 0 Å². The quantitative estimate of drug-likeness (QED) is 0.807. The van der Waals surface area contributed by atoms with Crippen LogP contribution in [-0.4, -0.2) is 35.6 Å². The largest absolute Gasteiger partial charge is 0.384 e. The summed E-state index contributed by atoms with van der Waals surface area (Å²) in [5.74, 6) is 4.31. The lowest BCUT2D eigenvalue weighted by Gasteiger charge is -2.25. The van der Waals surface area contributed by atoms with Gasteiger partial charge in [-0.3, -0.25) is 4.79 Å². The highest BCUT2D eigenvalue weighted by molar-refractivity contribution is 5.94. The van der Waals surface area contributed by atoms with Crippen molar-refractivity contribution in [2.24, 2.45) is 0 Å². The fraction of sp³-hybridized carbons (Fsp3) is 0.471. The van der Waals surface area contributed by atoms with Gasteiger partial charge in [0.15, 0.2) is 0 Å². The summed E-state index contributed by atoms with van der Waals surface area (Å²) in [6.07, 6.45) is 5.43. The van der Waals surface area contributed by atoms with Gasteiger partial charge in [-0.05, 0) is 31.0 Å². The lowest BCUT2D eigenvalue weighted by molar-refractivity contribution is 0.0737. The molecule has 0 spiro atoms. The lowest BCUT2D eigenvalue weighted by Crippen LogP contribution is -2.34. The van der Waals surface area contributed by atoms with Gasteiger partial charge in [-0.2, -0.15) is 0 Å². The molecule has 0 aliphatic carbocycles. The van der Waals surface area contributed by atoms with Gasteiger partial charge in [0.1, 0.15) is 12.4 Å². The van der Waals surface area contributed by atoms with E-state index in [1.54, 1.807) is 11.0 Å². The summed E-state index contributed by atoms with van der Waals surface area (Å²) in [6.45, 7) is 1.13. The molecular formula is C17H20FNO2. The minimum absolute atomic E-state index is 0.102. The van der Waals surface area contributed by atoms with E-state index < -0.39 is 5.82 Å². The fourth-order valence-corrected chi connectivity index (χ4v) is 2.53. The van der Waals surface area contributed by atoms with Crippen LogP contribution in [0, 0.1) is 17.7 Å². The number of amides is 1. The van der Waals surface area contributed by atoms with Crippen LogP contribution in [0.1, 0.15) is 48.0 Å². The molecule has 0 aromatic heterocycles. The highest BCUT2D eigenvalue weighted by Gasteiger charge is 2.19. The molecule has 112 valence electrons. The summed E-state index contributed by atoms with van der Waals surface area (Å²) in [5.41, 5.74) is 0.566. The average Bonchev–Trinajstić information content (AvgIpc) is 2.44. The Kier molecular flexibility index (Phi) is 5.77. The van der Waals surface area contributed by atoms with Crippen LogP contribution in [0.15, 0.2) is 18.2 Å². The van der Waals surface area contributed by atoms with Crippen molar-refractivity contribution in [3.05, 3.63) is 35.1 Å². The molecule has 1 aromatic carbocycles. The Balaban J connectivity index is 2.14. The van der Waals surface area contributed by atoms with Gasteiger partial charge in [0.05, 0.1) is 5.56 Å². The number of carbonyl (C=O) groups is 1. The Bertz CT molecular complexity index is 552. The third-order valence-electron chi connectivity index (χ3n) is 3.65. The van der Waals surface area contributed by atoms with Gasteiger partial charge in [-0.1, -0.05) is 31.1 Å². The summed E-state index contributed by atoms with van der Waals surface area (Å²) in [5, 5.41) is 8.63. The number of halogens is 1. The number of likely N-dealkylation sites (tertiary alicyclic amines) is 1. The number of carbonyl (C=O) groups excluding carboxylic acids is 1. The summed E-state index contributed by atoms with van der Waals surface area (Å²) in [6, 6.07) is 4.35. The van der Waals surface area contributed by atoms with Crippen LogP contribution in [0.3, 0.4) is 0 Å². The van der Waals surface area contributed by atoms with E-state index in [2.05, 4.69) is 11.8 Å². The molecule has 0 atom stereocenters. The molecule has 0 saturated carbocycles. The molecule has 21 heavy (non-hydrogen) atoms. The fourth-order valence-electron chi connectivity index (χ4n) is 2.53. The first-order valence-corrected chi connectivity index (χ1v) is 7.41. The Labute approximate surface area is 124 Å². The molecule has 1 N–H and O–H groups in total.